The van der Waals surface area contributed by atoms with Crippen molar-refractivity contribution < 1.29 is 34.8 Å². The number of nitrogens with one attached hydrogen (secondary N) is 3. The normalized spacial score (nSPS) is 11.8. The highest BCUT2D eigenvalue weighted by molar-refractivity contribution is 14.1. The first-order valence-electron chi connectivity index (χ1n) is 8.20. The third-order valence-corrected chi connectivity index (χ3v) is 6.92. The van der Waals surface area contributed by atoms with Gasteiger partial charge >= 0.3 is 0 Å². The van der Waals surface area contributed by atoms with Crippen LogP contribution < -0.4 is 16.0 Å². The maximum atomic E-state index is 12.7. The van der Waals surface area contributed by atoms with Crippen LogP contribution in [0.3, 0.4) is 0 Å². The van der Waals surface area contributed by atoms with Crippen LogP contribution in [0.1, 0.15) is 54.3 Å². The minimum atomic E-state index is -2.48. The third kappa shape index (κ3) is 6.82. The average molecular weight is 747 g/mol. The Bertz CT molecular complexity index is 787. The van der Waals surface area contributed by atoms with Gasteiger partial charge in [-0.25, -0.2) is 0 Å². The van der Waals surface area contributed by atoms with E-state index in [0.717, 1.165) is 0 Å². The maximum absolute atomic E-state index is 12.7. The lowest BCUT2D eigenvalue weighted by Crippen LogP contribution is -2.49. The van der Waals surface area contributed by atoms with E-state index in [0.29, 0.717) is 0 Å². The fourth-order valence-corrected chi connectivity index (χ4v) is 6.43. The molecule has 7 N–H and O–H groups in total. The number of carbonyl (C=O) groups excluding carboxylic acids is 3. The summed E-state index contributed by atoms with van der Waals surface area (Å²) < 4.78 is 0.656. The summed E-state index contributed by atoms with van der Waals surface area (Å²) in [7, 11) is 0. The minimum Gasteiger partial charge on any atom is -0.349 e. The van der Waals surface area contributed by atoms with Crippen molar-refractivity contribution in [3.05, 3.63) is 21.8 Å². The molecule has 0 bridgehead atoms. The molecule has 29 heavy (non-hydrogen) atoms. The van der Waals surface area contributed by atoms with E-state index >= 15 is 0 Å². The van der Waals surface area contributed by atoms with Gasteiger partial charge in [-0.1, -0.05) is 13.8 Å². The fraction of sp³-hybridized carbons (Fsp3) is 0.438. The predicted octanol–water partition coefficient (Wildman–Crippen LogP) is 1.02. The molecular weight excluding hydrogens is 727 g/mol. The molecule has 0 saturated carbocycles. The van der Waals surface area contributed by atoms with Crippen LogP contribution in [0.15, 0.2) is 0 Å². The summed E-state index contributed by atoms with van der Waals surface area (Å²) in [6.07, 6.45) is -0.396. The molecule has 0 saturated heterocycles. The van der Waals surface area contributed by atoms with E-state index in [1.54, 1.807) is 67.8 Å². The van der Waals surface area contributed by atoms with Gasteiger partial charge in [0.05, 0.1) is 24.0 Å². The lowest BCUT2D eigenvalue weighted by Gasteiger charge is -2.25. The Balaban J connectivity index is 3.70. The smallest absolute Gasteiger partial charge is 0.257 e. The number of hydrogen-bond donors (Lipinski definition) is 7. The number of hydrogen-bond acceptors (Lipinski definition) is 7. The van der Waals surface area contributed by atoms with Crippen LogP contribution in [-0.4, -0.2) is 50.0 Å². The minimum absolute atomic E-state index is 0.0839. The second-order valence-corrected chi connectivity index (χ2v) is 9.23. The van der Waals surface area contributed by atoms with E-state index in [1.165, 1.54) is 20.8 Å². The molecule has 1 rings (SSSR count). The van der Waals surface area contributed by atoms with Gasteiger partial charge in [-0.3, -0.25) is 14.4 Å². The van der Waals surface area contributed by atoms with E-state index < -0.39 is 29.5 Å². The first-order chi connectivity index (χ1) is 13.2. The molecule has 1 aromatic carbocycles. The molecule has 0 aromatic heterocycles. The standard InChI is InChI=1S/C16H20I3N3O7/c1-4-15(26,27)21-13(24)7-9(17)8(14(25)22-16(28,29)5-2)11(19)12(10(7)18)20-6(3)23/h26-29H,4-5H2,1-3H3,(H,20,23)(H,21,24)(H,22,25). The van der Waals surface area contributed by atoms with Crippen molar-refractivity contribution in [2.75, 3.05) is 5.32 Å². The van der Waals surface area contributed by atoms with Crippen molar-refractivity contribution in [1.82, 2.24) is 10.6 Å². The fourth-order valence-electron chi connectivity index (χ4n) is 2.01. The first kappa shape index (κ1) is 26.7. The van der Waals surface area contributed by atoms with Crippen molar-refractivity contribution in [1.29, 1.82) is 0 Å². The van der Waals surface area contributed by atoms with Crippen LogP contribution in [-0.2, 0) is 4.79 Å². The molecule has 0 radical (unpaired) electrons. The predicted molar refractivity (Wildman–Crippen MR) is 129 cm³/mol. The van der Waals surface area contributed by atoms with E-state index in [-0.39, 0.29) is 40.4 Å². The Hall–Kier alpha value is -0.340. The lowest BCUT2D eigenvalue weighted by molar-refractivity contribution is -0.178. The summed E-state index contributed by atoms with van der Waals surface area (Å²) in [5.74, 6) is -7.19. The van der Waals surface area contributed by atoms with Crippen molar-refractivity contribution in [3.8, 4) is 0 Å². The summed E-state index contributed by atoms with van der Waals surface area (Å²) in [4.78, 5) is 37.1. The third-order valence-electron chi connectivity index (χ3n) is 3.69. The van der Waals surface area contributed by atoms with E-state index in [2.05, 4.69) is 5.32 Å². The van der Waals surface area contributed by atoms with Gasteiger partial charge in [0.25, 0.3) is 11.8 Å². The van der Waals surface area contributed by atoms with Crippen molar-refractivity contribution in [2.45, 2.75) is 45.4 Å². The van der Waals surface area contributed by atoms with Crippen LogP contribution >= 0.6 is 67.8 Å². The molecule has 0 aliphatic heterocycles. The molecule has 0 unspecified atom stereocenters. The van der Waals surface area contributed by atoms with Gasteiger partial charge in [0.15, 0.2) is 0 Å². The van der Waals surface area contributed by atoms with Gasteiger partial charge in [0, 0.05) is 23.3 Å². The largest absolute Gasteiger partial charge is 0.349 e. The summed E-state index contributed by atoms with van der Waals surface area (Å²) >= 11 is 5.33. The second-order valence-electron chi connectivity index (χ2n) is 6.00. The van der Waals surface area contributed by atoms with Crippen molar-refractivity contribution in [3.63, 3.8) is 0 Å². The Morgan fingerprint density at radius 3 is 1.41 bits per heavy atom. The van der Waals surface area contributed by atoms with Crippen LogP contribution in [0.25, 0.3) is 0 Å². The molecule has 0 heterocycles. The monoisotopic (exact) mass is 747 g/mol. The van der Waals surface area contributed by atoms with E-state index in [9.17, 15) is 34.8 Å². The van der Waals surface area contributed by atoms with Crippen LogP contribution in [0.5, 0.6) is 0 Å². The molecule has 0 aliphatic rings. The Morgan fingerprint density at radius 2 is 1.14 bits per heavy atom. The molecule has 0 fully saturated rings. The van der Waals surface area contributed by atoms with Crippen LogP contribution in [0, 0.1) is 10.7 Å². The van der Waals surface area contributed by atoms with Gasteiger partial charge in [-0.15, -0.1) is 0 Å². The van der Waals surface area contributed by atoms with Crippen molar-refractivity contribution >= 4 is 91.2 Å². The molecule has 13 heteroatoms. The number of aliphatic hydroxyl groups is 4. The van der Waals surface area contributed by atoms with Crippen molar-refractivity contribution in [2.24, 2.45) is 0 Å². The number of halogens is 3. The Kier molecular flexibility index (Phi) is 9.49. The van der Waals surface area contributed by atoms with Gasteiger partial charge in [-0.2, -0.15) is 0 Å². The van der Waals surface area contributed by atoms with E-state index in [4.69, 9.17) is 0 Å². The zero-order chi connectivity index (χ0) is 22.7. The topological polar surface area (TPSA) is 168 Å². The average Bonchev–Trinajstić information content (AvgIpc) is 2.57. The van der Waals surface area contributed by atoms with Gasteiger partial charge in [0.1, 0.15) is 0 Å². The quantitative estimate of drug-likeness (QED) is 0.162. The molecule has 0 atom stereocenters. The number of anilines is 1. The molecule has 3 amide bonds. The number of benzene rings is 1. The van der Waals surface area contributed by atoms with Gasteiger partial charge in [0.2, 0.25) is 17.7 Å². The second kappa shape index (κ2) is 10.3. The zero-order valence-electron chi connectivity index (χ0n) is 15.6. The Morgan fingerprint density at radius 1 is 0.793 bits per heavy atom. The molecule has 0 aliphatic carbocycles. The summed E-state index contributed by atoms with van der Waals surface area (Å²) in [5, 5.41) is 45.7. The highest BCUT2D eigenvalue weighted by atomic mass is 127. The molecule has 1 aromatic rings. The number of carbonyl (C=O) groups is 3. The lowest BCUT2D eigenvalue weighted by atomic mass is 10.1. The molecule has 10 nitrogen and oxygen atoms in total. The number of rotatable bonds is 7. The van der Waals surface area contributed by atoms with Crippen LogP contribution in [0.4, 0.5) is 5.69 Å². The highest BCUT2D eigenvalue weighted by Crippen LogP contribution is 2.36. The van der Waals surface area contributed by atoms with E-state index in [1.807, 2.05) is 10.6 Å². The SMILES string of the molecule is CCC(O)(O)NC(=O)c1c(I)c(NC(C)=O)c(I)c(C(=O)NC(O)(O)CC)c1I. The summed E-state index contributed by atoms with van der Waals surface area (Å²) in [5.41, 5.74) is -0.00999. The van der Waals surface area contributed by atoms with Gasteiger partial charge in [-0.05, 0) is 67.8 Å². The maximum Gasteiger partial charge on any atom is 0.257 e. The first-order valence-corrected chi connectivity index (χ1v) is 11.4. The summed E-state index contributed by atoms with van der Waals surface area (Å²) in [6, 6.07) is 0. The zero-order valence-corrected chi connectivity index (χ0v) is 22.0. The van der Waals surface area contributed by atoms with Crippen LogP contribution in [0.2, 0.25) is 0 Å². The highest BCUT2D eigenvalue weighted by Gasteiger charge is 2.33. The van der Waals surface area contributed by atoms with Gasteiger partial charge < -0.3 is 36.4 Å². The molecular formula is C16H20I3N3O7. The summed E-state index contributed by atoms with van der Waals surface area (Å²) in [6.45, 7) is 4.13. The molecule has 0 spiro atoms. The Labute approximate surface area is 207 Å². The number of amides is 3. The molecule has 162 valence electrons.